The van der Waals surface area contributed by atoms with Gasteiger partial charge >= 0.3 is 0 Å². The molecule has 0 saturated carbocycles. The molecule has 6 heteroatoms. The maximum atomic E-state index is 12.3. The fourth-order valence-corrected chi connectivity index (χ4v) is 2.79. The largest absolute Gasteiger partial charge is 0.486 e. The number of halogens is 1. The summed E-state index contributed by atoms with van der Waals surface area (Å²) >= 11 is 5.83. The van der Waals surface area contributed by atoms with Crippen molar-refractivity contribution in [2.75, 3.05) is 13.2 Å². The second-order valence-electron chi connectivity index (χ2n) is 6.04. The van der Waals surface area contributed by atoms with E-state index in [0.29, 0.717) is 61.1 Å². The summed E-state index contributed by atoms with van der Waals surface area (Å²) in [6.07, 6.45) is 1.12. The third-order valence-corrected chi connectivity index (χ3v) is 4.33. The molecule has 0 atom stereocenters. The number of benzene rings is 2. The Labute approximate surface area is 157 Å². The number of nitrogens with one attached hydrogen (secondary N) is 1. The molecular formula is C20H20ClNO4. The van der Waals surface area contributed by atoms with Crippen LogP contribution in [0.15, 0.2) is 42.5 Å². The lowest BCUT2D eigenvalue weighted by Crippen LogP contribution is -2.22. The Bertz CT molecular complexity index is 789. The van der Waals surface area contributed by atoms with Gasteiger partial charge in [0.1, 0.15) is 13.2 Å². The van der Waals surface area contributed by atoms with E-state index in [1.54, 1.807) is 30.3 Å². The van der Waals surface area contributed by atoms with Gasteiger partial charge < -0.3 is 14.8 Å². The van der Waals surface area contributed by atoms with E-state index >= 15 is 0 Å². The summed E-state index contributed by atoms with van der Waals surface area (Å²) in [5, 5.41) is 3.51. The molecule has 1 amide bonds. The van der Waals surface area contributed by atoms with Gasteiger partial charge in [-0.25, -0.2) is 0 Å². The predicted octanol–water partition coefficient (Wildman–Crippen LogP) is 3.78. The Morgan fingerprint density at radius 3 is 2.46 bits per heavy atom. The van der Waals surface area contributed by atoms with Crippen LogP contribution in [-0.2, 0) is 11.3 Å². The highest BCUT2D eigenvalue weighted by atomic mass is 35.5. The van der Waals surface area contributed by atoms with Crippen LogP contribution in [0, 0.1) is 0 Å². The van der Waals surface area contributed by atoms with Gasteiger partial charge in [-0.2, -0.15) is 0 Å². The lowest BCUT2D eigenvalue weighted by atomic mass is 10.0. The van der Waals surface area contributed by atoms with E-state index in [1.165, 1.54) is 0 Å². The first-order valence-electron chi connectivity index (χ1n) is 8.56. The van der Waals surface area contributed by atoms with Crippen molar-refractivity contribution >= 4 is 23.3 Å². The zero-order valence-corrected chi connectivity index (χ0v) is 15.1. The molecule has 0 aromatic heterocycles. The highest BCUT2D eigenvalue weighted by Crippen LogP contribution is 2.31. The molecule has 1 heterocycles. The summed E-state index contributed by atoms with van der Waals surface area (Å²) in [5.74, 6) is 1.18. The van der Waals surface area contributed by atoms with Crippen molar-refractivity contribution in [3.05, 3.63) is 58.6 Å². The molecule has 1 N–H and O–H groups in total. The van der Waals surface area contributed by atoms with Gasteiger partial charge in [0.15, 0.2) is 17.3 Å². The second kappa shape index (κ2) is 8.72. The van der Waals surface area contributed by atoms with Crippen molar-refractivity contribution in [2.45, 2.75) is 25.8 Å². The van der Waals surface area contributed by atoms with Gasteiger partial charge in [0.05, 0.1) is 0 Å². The monoisotopic (exact) mass is 373 g/mol. The van der Waals surface area contributed by atoms with Gasteiger partial charge in [-0.05, 0) is 42.3 Å². The SMILES string of the molecule is O=C(CCCC(=O)c1ccc2c(c1)OCCO2)NCc1ccc(Cl)cc1. The van der Waals surface area contributed by atoms with Crippen LogP contribution in [0.3, 0.4) is 0 Å². The fraction of sp³-hybridized carbons (Fsp3) is 0.300. The highest BCUT2D eigenvalue weighted by Gasteiger charge is 2.15. The molecule has 0 aliphatic carbocycles. The van der Waals surface area contributed by atoms with E-state index in [-0.39, 0.29) is 11.7 Å². The number of amides is 1. The molecule has 0 bridgehead atoms. The number of Topliss-reactive ketones (excluding diaryl/α,β-unsaturated/α-hetero) is 1. The number of hydrogen-bond donors (Lipinski definition) is 1. The van der Waals surface area contributed by atoms with Gasteiger partial charge in [-0.3, -0.25) is 9.59 Å². The summed E-state index contributed by atoms with van der Waals surface area (Å²) < 4.78 is 10.9. The summed E-state index contributed by atoms with van der Waals surface area (Å²) in [4.78, 5) is 24.2. The number of carbonyl (C=O) groups excluding carboxylic acids is 2. The molecule has 2 aromatic carbocycles. The van der Waals surface area contributed by atoms with Gasteiger partial charge in [0, 0.05) is 30.0 Å². The van der Waals surface area contributed by atoms with Crippen molar-refractivity contribution < 1.29 is 19.1 Å². The minimum absolute atomic E-state index is 0.00697. The number of carbonyl (C=O) groups is 2. The third kappa shape index (κ3) is 4.99. The Balaban J connectivity index is 1.41. The minimum Gasteiger partial charge on any atom is -0.486 e. The first kappa shape index (κ1) is 18.3. The van der Waals surface area contributed by atoms with Crippen molar-refractivity contribution in [1.29, 1.82) is 0 Å². The number of fused-ring (bicyclic) bond motifs is 1. The highest BCUT2D eigenvalue weighted by molar-refractivity contribution is 6.30. The van der Waals surface area contributed by atoms with Crippen molar-refractivity contribution in [3.63, 3.8) is 0 Å². The van der Waals surface area contributed by atoms with E-state index < -0.39 is 0 Å². The van der Waals surface area contributed by atoms with Crippen molar-refractivity contribution in [3.8, 4) is 11.5 Å². The van der Waals surface area contributed by atoms with Crippen LogP contribution in [0.5, 0.6) is 11.5 Å². The third-order valence-electron chi connectivity index (χ3n) is 4.07. The van der Waals surface area contributed by atoms with Crippen LogP contribution < -0.4 is 14.8 Å². The summed E-state index contributed by atoms with van der Waals surface area (Å²) in [6, 6.07) is 12.5. The lowest BCUT2D eigenvalue weighted by molar-refractivity contribution is -0.121. The zero-order valence-electron chi connectivity index (χ0n) is 14.3. The Hall–Kier alpha value is -2.53. The molecule has 0 saturated heterocycles. The molecule has 136 valence electrons. The molecular weight excluding hydrogens is 354 g/mol. The molecule has 3 rings (SSSR count). The average Bonchev–Trinajstić information content (AvgIpc) is 2.67. The van der Waals surface area contributed by atoms with Gasteiger partial charge in [-0.15, -0.1) is 0 Å². The topological polar surface area (TPSA) is 64.6 Å². The molecule has 2 aromatic rings. The molecule has 1 aliphatic heterocycles. The van der Waals surface area contributed by atoms with Gasteiger partial charge in [0.2, 0.25) is 5.91 Å². The molecule has 0 radical (unpaired) electrons. The Kier molecular flexibility index (Phi) is 6.12. The van der Waals surface area contributed by atoms with Gasteiger partial charge in [-0.1, -0.05) is 23.7 Å². The molecule has 0 fully saturated rings. The van der Waals surface area contributed by atoms with Crippen LogP contribution >= 0.6 is 11.6 Å². The van der Waals surface area contributed by atoms with Crippen LogP contribution in [-0.4, -0.2) is 24.9 Å². The van der Waals surface area contributed by atoms with E-state index in [4.69, 9.17) is 21.1 Å². The molecule has 0 spiro atoms. The summed E-state index contributed by atoms with van der Waals surface area (Å²) in [7, 11) is 0. The summed E-state index contributed by atoms with van der Waals surface area (Å²) in [5.41, 5.74) is 1.56. The quantitative estimate of drug-likeness (QED) is 0.750. The zero-order chi connectivity index (χ0) is 18.4. The fourth-order valence-electron chi connectivity index (χ4n) is 2.66. The van der Waals surface area contributed by atoms with Crippen LogP contribution in [0.25, 0.3) is 0 Å². The lowest BCUT2D eigenvalue weighted by Gasteiger charge is -2.18. The predicted molar refractivity (Wildman–Crippen MR) is 98.9 cm³/mol. The number of ether oxygens (including phenoxy) is 2. The van der Waals surface area contributed by atoms with E-state index in [2.05, 4.69) is 5.32 Å². The van der Waals surface area contributed by atoms with Crippen molar-refractivity contribution in [1.82, 2.24) is 5.32 Å². The van der Waals surface area contributed by atoms with Crippen LogP contribution in [0.1, 0.15) is 35.2 Å². The number of rotatable bonds is 7. The minimum atomic E-state index is -0.0741. The Morgan fingerprint density at radius 2 is 1.69 bits per heavy atom. The molecule has 0 unspecified atom stereocenters. The number of ketones is 1. The van der Waals surface area contributed by atoms with Crippen molar-refractivity contribution in [2.24, 2.45) is 0 Å². The smallest absolute Gasteiger partial charge is 0.220 e. The maximum Gasteiger partial charge on any atom is 0.220 e. The maximum absolute atomic E-state index is 12.3. The first-order valence-corrected chi connectivity index (χ1v) is 8.93. The van der Waals surface area contributed by atoms with E-state index in [0.717, 1.165) is 5.56 Å². The Morgan fingerprint density at radius 1 is 0.962 bits per heavy atom. The standard InChI is InChI=1S/C20H20ClNO4/c21-16-7-4-14(5-8-16)13-22-20(24)3-1-2-17(23)15-6-9-18-19(12-15)26-11-10-25-18/h4-9,12H,1-3,10-11,13H2,(H,22,24). The van der Waals surface area contributed by atoms with E-state index in [1.807, 2.05) is 12.1 Å². The van der Waals surface area contributed by atoms with Crippen LogP contribution in [0.2, 0.25) is 5.02 Å². The molecule has 26 heavy (non-hydrogen) atoms. The summed E-state index contributed by atoms with van der Waals surface area (Å²) in [6.45, 7) is 1.45. The molecule has 5 nitrogen and oxygen atoms in total. The first-order chi connectivity index (χ1) is 12.6. The normalized spacial score (nSPS) is 12.5. The average molecular weight is 374 g/mol. The second-order valence-corrected chi connectivity index (χ2v) is 6.47. The van der Waals surface area contributed by atoms with Gasteiger partial charge in [0.25, 0.3) is 0 Å². The number of hydrogen-bond acceptors (Lipinski definition) is 4. The molecule has 1 aliphatic rings. The van der Waals surface area contributed by atoms with Crippen LogP contribution in [0.4, 0.5) is 0 Å². The van der Waals surface area contributed by atoms with E-state index in [9.17, 15) is 9.59 Å².